The van der Waals surface area contributed by atoms with Gasteiger partial charge in [0.15, 0.2) is 12.4 Å². The molecular weight excluding hydrogens is 1130 g/mol. The zero-order chi connectivity index (χ0) is 66.0. The van der Waals surface area contributed by atoms with Gasteiger partial charge in [0, 0.05) is 6.42 Å². The zero-order valence-corrected chi connectivity index (χ0v) is 58.7. The van der Waals surface area contributed by atoms with Gasteiger partial charge in [-0.15, -0.1) is 0 Å². The highest BCUT2D eigenvalue weighted by Gasteiger charge is 2.47. The van der Waals surface area contributed by atoms with Crippen LogP contribution >= 0.6 is 0 Å². The summed E-state index contributed by atoms with van der Waals surface area (Å²) in [6, 6.07) is -1.04. The van der Waals surface area contributed by atoms with Crippen molar-refractivity contribution in [3.63, 3.8) is 0 Å². The number of carbonyl (C=O) groups is 2. The monoisotopic (exact) mass is 1280 g/mol. The highest BCUT2D eigenvalue weighted by molar-refractivity contribution is 5.80. The third-order valence-corrected chi connectivity index (χ3v) is 17.5. The van der Waals surface area contributed by atoms with Crippen LogP contribution in [0.15, 0.2) is 97.2 Å². The maximum absolute atomic E-state index is 13.5. The van der Waals surface area contributed by atoms with Crippen molar-refractivity contribution in [3.05, 3.63) is 97.2 Å². The largest absolute Gasteiger partial charge is 0.454 e. The second kappa shape index (κ2) is 66.6. The van der Waals surface area contributed by atoms with Gasteiger partial charge in [0.1, 0.15) is 24.4 Å². The number of aliphatic hydroxyl groups excluding tert-OH is 5. The SMILES string of the molecule is CCCCC/C=C\C/C=C\C/C=C\C/C=C\CCCCCCCCC(O)C(=O)NC(COC1OC(CO)C(O)C(O)C1OC(=O)CCCCCCCCCCCCCCCC/C=C\C/C=C\C/C=C\CCCCC)C(O)/C=C/CCCCCCCCCCCCC. The van der Waals surface area contributed by atoms with Crippen LogP contribution in [0, 0.1) is 0 Å². The lowest BCUT2D eigenvalue weighted by Crippen LogP contribution is -2.61. The van der Waals surface area contributed by atoms with Crippen LogP contribution in [-0.2, 0) is 23.8 Å². The van der Waals surface area contributed by atoms with Crippen LogP contribution in [0.1, 0.15) is 335 Å². The molecule has 1 saturated heterocycles. The average Bonchev–Trinajstić information content (AvgIpc) is 1.05. The number of allylic oxidation sites excluding steroid dienone is 15. The molecule has 0 bridgehead atoms. The summed E-state index contributed by atoms with van der Waals surface area (Å²) >= 11 is 0. The summed E-state index contributed by atoms with van der Waals surface area (Å²) in [5.41, 5.74) is 0. The molecule has 91 heavy (non-hydrogen) atoms. The molecule has 1 heterocycles. The molecule has 1 aliphatic heterocycles. The summed E-state index contributed by atoms with van der Waals surface area (Å²) < 4.78 is 17.7. The zero-order valence-electron chi connectivity index (χ0n) is 58.7. The Morgan fingerprint density at radius 1 is 0.429 bits per heavy atom. The minimum absolute atomic E-state index is 0.118. The Kier molecular flexibility index (Phi) is 62.6. The summed E-state index contributed by atoms with van der Waals surface area (Å²) in [6.45, 7) is 5.77. The topological polar surface area (TPSA) is 175 Å². The van der Waals surface area contributed by atoms with E-state index in [1.54, 1.807) is 6.08 Å². The van der Waals surface area contributed by atoms with Gasteiger partial charge in [-0.25, -0.2) is 0 Å². The molecule has 11 nitrogen and oxygen atoms in total. The smallest absolute Gasteiger partial charge is 0.306 e. The number of hydrogen-bond acceptors (Lipinski definition) is 10. The predicted octanol–water partition coefficient (Wildman–Crippen LogP) is 20.2. The molecular formula is C80H141NO10. The van der Waals surface area contributed by atoms with E-state index in [1.165, 1.54) is 180 Å². The van der Waals surface area contributed by atoms with E-state index in [4.69, 9.17) is 14.2 Å². The number of esters is 1. The molecule has 0 saturated carbocycles. The second-order valence-electron chi connectivity index (χ2n) is 26.0. The Bertz CT molecular complexity index is 1860. The number of ether oxygens (including phenoxy) is 3. The van der Waals surface area contributed by atoms with E-state index >= 15 is 0 Å². The number of aliphatic hydroxyl groups is 5. The molecule has 526 valence electrons. The minimum atomic E-state index is -1.62. The quantitative estimate of drug-likeness (QED) is 0.0195. The molecule has 1 fully saturated rings. The molecule has 8 atom stereocenters. The van der Waals surface area contributed by atoms with Crippen molar-refractivity contribution in [3.8, 4) is 0 Å². The summed E-state index contributed by atoms with van der Waals surface area (Å²) in [7, 11) is 0. The van der Waals surface area contributed by atoms with Gasteiger partial charge in [-0.2, -0.15) is 0 Å². The first-order chi connectivity index (χ1) is 44.7. The maximum Gasteiger partial charge on any atom is 0.306 e. The van der Waals surface area contributed by atoms with Gasteiger partial charge in [0.2, 0.25) is 5.91 Å². The van der Waals surface area contributed by atoms with E-state index in [-0.39, 0.29) is 19.4 Å². The van der Waals surface area contributed by atoms with Crippen LogP contribution in [0.25, 0.3) is 0 Å². The standard InChI is InChI=1S/C80H141NO10/c1-4-7-10-13-16-19-22-25-27-29-31-33-35-36-37-38-39-41-43-45-47-50-53-56-59-62-65-68-75(85)91-78-77(87)76(86)74(69-82)90-80(78)89-70-71(72(83)66-63-60-57-54-51-48-24-21-18-15-12-9-6-3)81-79(88)73(84)67-64-61-58-55-52-49-46-44-42-40-34-32-30-28-26-23-20-17-14-11-8-5-2/h16-17,19-20,25-28,31-34,42,44,63,66,71-74,76-78,80,82-84,86-87H,4-15,18,21-24,29-30,35-41,43,45-62,64-65,67-70H2,1-3H3,(H,81,88)/b19-16-,20-17-,27-25-,28-26-,33-31-,34-32-,44-42-,66-63+. The van der Waals surface area contributed by atoms with Crippen molar-refractivity contribution in [1.82, 2.24) is 5.32 Å². The molecule has 0 aromatic heterocycles. The third kappa shape index (κ3) is 53.5. The van der Waals surface area contributed by atoms with E-state index in [1.807, 2.05) is 6.08 Å². The average molecular weight is 1280 g/mol. The van der Waals surface area contributed by atoms with Gasteiger partial charge in [-0.05, 0) is 109 Å². The number of amides is 1. The fourth-order valence-corrected chi connectivity index (χ4v) is 11.5. The van der Waals surface area contributed by atoms with E-state index in [0.717, 1.165) is 109 Å². The summed E-state index contributed by atoms with van der Waals surface area (Å²) in [6.07, 6.45) is 80.1. The number of nitrogens with one attached hydrogen (secondary N) is 1. The fourth-order valence-electron chi connectivity index (χ4n) is 11.5. The van der Waals surface area contributed by atoms with Crippen LogP contribution in [0.4, 0.5) is 0 Å². The van der Waals surface area contributed by atoms with E-state index in [2.05, 4.69) is 111 Å². The van der Waals surface area contributed by atoms with Crippen LogP contribution in [0.3, 0.4) is 0 Å². The Morgan fingerprint density at radius 2 is 0.758 bits per heavy atom. The van der Waals surface area contributed by atoms with E-state index in [0.29, 0.717) is 12.8 Å². The van der Waals surface area contributed by atoms with E-state index in [9.17, 15) is 35.1 Å². The van der Waals surface area contributed by atoms with Gasteiger partial charge in [0.05, 0.1) is 25.4 Å². The first-order valence-corrected chi connectivity index (χ1v) is 38.0. The first kappa shape index (κ1) is 85.6. The molecule has 0 spiro atoms. The van der Waals surface area contributed by atoms with Crippen molar-refractivity contribution in [2.24, 2.45) is 0 Å². The summed E-state index contributed by atoms with van der Waals surface area (Å²) in [4.78, 5) is 26.8. The van der Waals surface area contributed by atoms with Crippen LogP contribution < -0.4 is 5.32 Å². The normalized spacial score (nSPS) is 18.5. The molecule has 11 heteroatoms. The lowest BCUT2D eigenvalue weighted by Gasteiger charge is -2.41. The van der Waals surface area contributed by atoms with Crippen molar-refractivity contribution in [2.45, 2.75) is 384 Å². The van der Waals surface area contributed by atoms with Crippen molar-refractivity contribution in [2.75, 3.05) is 13.2 Å². The minimum Gasteiger partial charge on any atom is -0.454 e. The molecule has 0 aromatic carbocycles. The maximum atomic E-state index is 13.5. The molecule has 0 aromatic rings. The van der Waals surface area contributed by atoms with Gasteiger partial charge in [0.25, 0.3) is 0 Å². The summed E-state index contributed by atoms with van der Waals surface area (Å²) in [5, 5.41) is 57.4. The van der Waals surface area contributed by atoms with Gasteiger partial charge in [-0.1, -0.05) is 317 Å². The number of rotatable bonds is 65. The lowest BCUT2D eigenvalue weighted by atomic mass is 9.99. The van der Waals surface area contributed by atoms with E-state index < -0.39 is 67.4 Å². The summed E-state index contributed by atoms with van der Waals surface area (Å²) in [5.74, 6) is -1.20. The third-order valence-electron chi connectivity index (χ3n) is 17.5. The highest BCUT2D eigenvalue weighted by atomic mass is 16.7. The Labute approximate surface area is 558 Å². The van der Waals surface area contributed by atoms with Crippen molar-refractivity contribution in [1.29, 1.82) is 0 Å². The molecule has 1 aliphatic rings. The molecule has 6 N–H and O–H groups in total. The molecule has 0 radical (unpaired) electrons. The van der Waals surface area contributed by atoms with Crippen LogP contribution in [-0.4, -0.2) is 99.6 Å². The van der Waals surface area contributed by atoms with Gasteiger partial charge < -0.3 is 45.1 Å². The molecule has 1 rings (SSSR count). The second-order valence-corrected chi connectivity index (χ2v) is 26.0. The van der Waals surface area contributed by atoms with Gasteiger partial charge >= 0.3 is 5.97 Å². The Hall–Kier alpha value is -3.42. The first-order valence-electron chi connectivity index (χ1n) is 38.0. The number of unbranched alkanes of at least 4 members (excludes halogenated alkanes) is 37. The van der Waals surface area contributed by atoms with Crippen LogP contribution in [0.2, 0.25) is 0 Å². The number of carbonyl (C=O) groups excluding carboxylic acids is 2. The predicted molar refractivity (Wildman–Crippen MR) is 384 cm³/mol. The van der Waals surface area contributed by atoms with Crippen LogP contribution in [0.5, 0.6) is 0 Å². The molecule has 1 amide bonds. The highest BCUT2D eigenvalue weighted by Crippen LogP contribution is 2.26. The lowest BCUT2D eigenvalue weighted by molar-refractivity contribution is -0.305. The van der Waals surface area contributed by atoms with Crippen molar-refractivity contribution >= 4 is 11.9 Å². The fraction of sp³-hybridized carbons (Fsp3) is 0.775. The van der Waals surface area contributed by atoms with Crippen molar-refractivity contribution < 1.29 is 49.3 Å². The van der Waals surface area contributed by atoms with Gasteiger partial charge in [-0.3, -0.25) is 9.59 Å². The number of hydrogen-bond donors (Lipinski definition) is 6. The molecule has 0 aliphatic carbocycles. The molecule has 8 unspecified atom stereocenters. The Morgan fingerprint density at radius 3 is 1.15 bits per heavy atom. The Balaban J connectivity index is 2.55.